The second-order valence-electron chi connectivity index (χ2n) is 6.81. The number of sulfonamides is 1. The lowest BCUT2D eigenvalue weighted by molar-refractivity contribution is -0.121. The van der Waals surface area contributed by atoms with Gasteiger partial charge < -0.3 is 10.2 Å². The first-order valence-electron chi connectivity index (χ1n) is 9.15. The predicted octanol–water partition coefficient (Wildman–Crippen LogP) is 2.40. The van der Waals surface area contributed by atoms with Crippen LogP contribution in [0.2, 0.25) is 5.02 Å². The number of carbonyl (C=O) groups is 2. The van der Waals surface area contributed by atoms with Crippen molar-refractivity contribution in [3.05, 3.63) is 59.1 Å². The van der Waals surface area contributed by atoms with Crippen LogP contribution in [0.3, 0.4) is 0 Å². The molecule has 29 heavy (non-hydrogen) atoms. The highest BCUT2D eigenvalue weighted by atomic mass is 35.5. The minimum Gasteiger partial charge on any atom is -0.351 e. The minimum absolute atomic E-state index is 0.0696. The highest BCUT2D eigenvalue weighted by Crippen LogP contribution is 2.22. The number of carbonyl (C=O) groups excluding carboxylic acids is 2. The number of likely N-dealkylation sites (N-methyl/N-ethyl adjacent to an activating group) is 1. The van der Waals surface area contributed by atoms with Gasteiger partial charge in [0.05, 0.1) is 11.4 Å². The summed E-state index contributed by atoms with van der Waals surface area (Å²) < 4.78 is 26.1. The van der Waals surface area contributed by atoms with Gasteiger partial charge in [-0.05, 0) is 48.4 Å². The Morgan fingerprint density at radius 2 is 1.93 bits per heavy atom. The molecule has 1 saturated heterocycles. The Morgan fingerprint density at radius 1 is 1.21 bits per heavy atom. The van der Waals surface area contributed by atoms with Gasteiger partial charge in [-0.2, -0.15) is 4.31 Å². The molecule has 2 amide bonds. The van der Waals surface area contributed by atoms with Crippen LogP contribution in [0.15, 0.2) is 53.4 Å². The molecule has 0 radical (unpaired) electrons. The summed E-state index contributed by atoms with van der Waals surface area (Å²) in [5, 5.41) is 3.15. The van der Waals surface area contributed by atoms with Gasteiger partial charge in [0.2, 0.25) is 21.8 Å². The number of anilines is 1. The predicted molar refractivity (Wildman–Crippen MR) is 111 cm³/mol. The number of hydrogen-bond donors (Lipinski definition) is 1. The van der Waals surface area contributed by atoms with Gasteiger partial charge in [-0.15, -0.1) is 0 Å². The molecule has 3 rings (SSSR count). The van der Waals surface area contributed by atoms with E-state index in [0.29, 0.717) is 18.0 Å². The number of hydrogen-bond acceptors (Lipinski definition) is 4. The second kappa shape index (κ2) is 8.94. The molecule has 7 nitrogen and oxygen atoms in total. The quantitative estimate of drug-likeness (QED) is 0.723. The summed E-state index contributed by atoms with van der Waals surface area (Å²) in [6, 6.07) is 13.2. The lowest BCUT2D eigenvalue weighted by Gasteiger charge is -2.18. The third-order valence-corrected chi connectivity index (χ3v) is 6.74. The van der Waals surface area contributed by atoms with Crippen LogP contribution < -0.4 is 10.2 Å². The van der Waals surface area contributed by atoms with Crippen LogP contribution in [-0.2, 0) is 26.2 Å². The van der Waals surface area contributed by atoms with Crippen molar-refractivity contribution in [3.63, 3.8) is 0 Å². The first kappa shape index (κ1) is 21.3. The lowest BCUT2D eigenvalue weighted by Crippen LogP contribution is -2.38. The second-order valence-corrected chi connectivity index (χ2v) is 9.29. The maximum absolute atomic E-state index is 12.5. The van der Waals surface area contributed by atoms with E-state index in [4.69, 9.17) is 11.6 Å². The number of halogens is 1. The molecule has 1 aliphatic heterocycles. The van der Waals surface area contributed by atoms with Crippen LogP contribution >= 0.6 is 11.6 Å². The van der Waals surface area contributed by atoms with Crippen LogP contribution in [-0.4, -0.2) is 44.7 Å². The van der Waals surface area contributed by atoms with Crippen molar-refractivity contribution < 1.29 is 18.0 Å². The van der Waals surface area contributed by atoms with Gasteiger partial charge in [0, 0.05) is 37.3 Å². The third-order valence-electron chi connectivity index (χ3n) is 4.67. The van der Waals surface area contributed by atoms with Gasteiger partial charge in [0.15, 0.2) is 0 Å². The monoisotopic (exact) mass is 435 g/mol. The van der Waals surface area contributed by atoms with Crippen molar-refractivity contribution in [1.82, 2.24) is 9.62 Å². The number of benzene rings is 2. The van der Waals surface area contributed by atoms with E-state index in [2.05, 4.69) is 5.32 Å². The molecule has 0 spiro atoms. The topological polar surface area (TPSA) is 86.8 Å². The van der Waals surface area contributed by atoms with Crippen molar-refractivity contribution in [2.45, 2.75) is 24.3 Å². The fraction of sp³-hybridized carbons (Fsp3) is 0.300. The SMILES string of the molecule is CN(CC(=O)NCc1cccc(N2CCCC2=O)c1)S(=O)(=O)c1ccc(Cl)cc1. The van der Waals surface area contributed by atoms with Gasteiger partial charge >= 0.3 is 0 Å². The molecule has 0 bridgehead atoms. The van der Waals surface area contributed by atoms with Gasteiger partial charge in [0.25, 0.3) is 0 Å². The maximum Gasteiger partial charge on any atom is 0.243 e. The highest BCUT2D eigenvalue weighted by Gasteiger charge is 2.23. The van der Waals surface area contributed by atoms with Crippen molar-refractivity contribution in [2.75, 3.05) is 25.0 Å². The number of amides is 2. The fourth-order valence-corrected chi connectivity index (χ4v) is 4.34. The summed E-state index contributed by atoms with van der Waals surface area (Å²) >= 11 is 5.79. The van der Waals surface area contributed by atoms with E-state index < -0.39 is 15.9 Å². The third kappa shape index (κ3) is 5.14. The molecule has 0 unspecified atom stereocenters. The summed E-state index contributed by atoms with van der Waals surface area (Å²) in [7, 11) is -2.44. The largest absolute Gasteiger partial charge is 0.351 e. The molecule has 154 valence electrons. The van der Waals surface area contributed by atoms with Crippen molar-refractivity contribution in [1.29, 1.82) is 0 Å². The summed E-state index contributed by atoms with van der Waals surface area (Å²) in [5.74, 6) is -0.326. The molecule has 0 saturated carbocycles. The van der Waals surface area contributed by atoms with Crippen molar-refractivity contribution in [3.8, 4) is 0 Å². The Balaban J connectivity index is 1.58. The summed E-state index contributed by atoms with van der Waals surface area (Å²) in [6.45, 7) is 0.626. The molecule has 0 aliphatic carbocycles. The first-order chi connectivity index (χ1) is 13.8. The molecule has 1 fully saturated rings. The Morgan fingerprint density at radius 3 is 2.59 bits per heavy atom. The summed E-state index contributed by atoms with van der Waals surface area (Å²) in [6.07, 6.45) is 1.39. The fourth-order valence-electron chi connectivity index (χ4n) is 3.09. The zero-order chi connectivity index (χ0) is 21.0. The maximum atomic E-state index is 12.5. The van der Waals surface area contributed by atoms with E-state index in [1.165, 1.54) is 31.3 Å². The molecule has 2 aromatic carbocycles. The molecule has 1 N–H and O–H groups in total. The number of nitrogens with zero attached hydrogens (tertiary/aromatic N) is 2. The molecular weight excluding hydrogens is 414 g/mol. The molecule has 9 heteroatoms. The van der Waals surface area contributed by atoms with Gasteiger partial charge in [-0.1, -0.05) is 23.7 Å². The molecule has 2 aromatic rings. The van der Waals surface area contributed by atoms with E-state index in [9.17, 15) is 18.0 Å². The van der Waals surface area contributed by atoms with Gasteiger partial charge in [-0.3, -0.25) is 9.59 Å². The van der Waals surface area contributed by atoms with E-state index in [0.717, 1.165) is 22.0 Å². The molecule has 0 aromatic heterocycles. The van der Waals surface area contributed by atoms with Crippen LogP contribution in [0.1, 0.15) is 18.4 Å². The average molecular weight is 436 g/mol. The smallest absolute Gasteiger partial charge is 0.243 e. The zero-order valence-corrected chi connectivity index (χ0v) is 17.5. The number of rotatable bonds is 7. The molecule has 0 atom stereocenters. The van der Waals surface area contributed by atoms with Crippen molar-refractivity contribution >= 4 is 39.1 Å². The Bertz CT molecular complexity index is 1010. The van der Waals surface area contributed by atoms with E-state index in [1.54, 1.807) is 4.90 Å². The van der Waals surface area contributed by atoms with E-state index >= 15 is 0 Å². The highest BCUT2D eigenvalue weighted by molar-refractivity contribution is 7.89. The Labute approximate surface area is 175 Å². The molecule has 1 heterocycles. The van der Waals surface area contributed by atoms with Crippen LogP contribution in [0, 0.1) is 0 Å². The minimum atomic E-state index is -3.79. The standard InChI is InChI=1S/C20H22ClN3O4S/c1-23(29(27,28)18-9-7-16(21)8-10-18)14-19(25)22-13-15-4-2-5-17(12-15)24-11-3-6-20(24)26/h2,4-5,7-10,12H,3,6,11,13-14H2,1H3,(H,22,25). The zero-order valence-electron chi connectivity index (χ0n) is 16.0. The summed E-state index contributed by atoms with van der Waals surface area (Å²) in [4.78, 5) is 25.9. The molecule has 1 aliphatic rings. The van der Waals surface area contributed by atoms with Crippen molar-refractivity contribution in [2.24, 2.45) is 0 Å². The molecular formula is C20H22ClN3O4S. The average Bonchev–Trinajstić information content (AvgIpc) is 3.13. The summed E-state index contributed by atoms with van der Waals surface area (Å²) in [5.41, 5.74) is 1.64. The van der Waals surface area contributed by atoms with E-state index in [1.807, 2.05) is 24.3 Å². The number of nitrogens with one attached hydrogen (secondary N) is 1. The van der Waals surface area contributed by atoms with Crippen LogP contribution in [0.4, 0.5) is 5.69 Å². The lowest BCUT2D eigenvalue weighted by atomic mass is 10.2. The first-order valence-corrected chi connectivity index (χ1v) is 11.0. The Kier molecular flexibility index (Phi) is 6.56. The van der Waals surface area contributed by atoms with Gasteiger partial charge in [0.1, 0.15) is 0 Å². The normalized spacial score (nSPS) is 14.4. The van der Waals surface area contributed by atoms with E-state index in [-0.39, 0.29) is 23.9 Å². The van der Waals surface area contributed by atoms with Crippen LogP contribution in [0.5, 0.6) is 0 Å². The van der Waals surface area contributed by atoms with Crippen LogP contribution in [0.25, 0.3) is 0 Å². The Hall–Kier alpha value is -2.42. The van der Waals surface area contributed by atoms with Gasteiger partial charge in [-0.25, -0.2) is 8.42 Å².